The van der Waals surface area contributed by atoms with Gasteiger partial charge in [-0.3, -0.25) is 0 Å². The largest absolute Gasteiger partial charge is 0.377 e. The predicted octanol–water partition coefficient (Wildman–Crippen LogP) is 0.738. The molecule has 68 valence electrons. The molecule has 1 atom stereocenters. The molecule has 12 heavy (non-hydrogen) atoms. The highest BCUT2D eigenvalue weighted by molar-refractivity contribution is 4.68. The molecule has 1 aromatic heterocycles. The lowest BCUT2D eigenvalue weighted by atomic mass is 10.3. The normalized spacial score (nSPS) is 13.2. The summed E-state index contributed by atoms with van der Waals surface area (Å²) in [6, 6.07) is 0. The Morgan fingerprint density at radius 2 is 2.33 bits per heavy atom. The SMILES string of the molecule is CCC(Cn1cc[n+](C)c1)OC. The Morgan fingerprint density at radius 1 is 1.58 bits per heavy atom. The van der Waals surface area contributed by atoms with Gasteiger partial charge in [0.1, 0.15) is 18.9 Å². The van der Waals surface area contributed by atoms with Gasteiger partial charge in [-0.2, -0.15) is 0 Å². The van der Waals surface area contributed by atoms with Crippen LogP contribution in [0.5, 0.6) is 0 Å². The van der Waals surface area contributed by atoms with Crippen LogP contribution < -0.4 is 4.57 Å². The van der Waals surface area contributed by atoms with Crippen LogP contribution in [0, 0.1) is 0 Å². The van der Waals surface area contributed by atoms with Gasteiger partial charge < -0.3 is 4.74 Å². The standard InChI is InChI=1S/C9H17N2O/c1-4-9(12-3)7-11-6-5-10(2)8-11/h5-6,8-9H,4,7H2,1-3H3/q+1. The molecular formula is C9H17N2O+. The predicted molar refractivity (Wildman–Crippen MR) is 46.7 cm³/mol. The summed E-state index contributed by atoms with van der Waals surface area (Å²) in [4.78, 5) is 0. The summed E-state index contributed by atoms with van der Waals surface area (Å²) >= 11 is 0. The van der Waals surface area contributed by atoms with Gasteiger partial charge in [0.2, 0.25) is 6.33 Å². The first-order chi connectivity index (χ1) is 5.76. The van der Waals surface area contributed by atoms with Gasteiger partial charge in [0.15, 0.2) is 0 Å². The van der Waals surface area contributed by atoms with Crippen LogP contribution in [0.3, 0.4) is 0 Å². The van der Waals surface area contributed by atoms with Crippen LogP contribution in [0.25, 0.3) is 0 Å². The minimum atomic E-state index is 0.331. The summed E-state index contributed by atoms with van der Waals surface area (Å²) in [6.07, 6.45) is 7.53. The van der Waals surface area contributed by atoms with Crippen LogP contribution >= 0.6 is 0 Å². The third kappa shape index (κ3) is 2.34. The van der Waals surface area contributed by atoms with Crippen LogP contribution in [0.1, 0.15) is 13.3 Å². The average molecular weight is 169 g/mol. The molecular weight excluding hydrogens is 152 g/mol. The molecule has 1 unspecified atom stereocenters. The summed E-state index contributed by atoms with van der Waals surface area (Å²) in [5.41, 5.74) is 0. The molecule has 0 aliphatic heterocycles. The van der Waals surface area contributed by atoms with Gasteiger partial charge in [-0.05, 0) is 6.42 Å². The molecule has 0 fully saturated rings. The van der Waals surface area contributed by atoms with Gasteiger partial charge in [0, 0.05) is 7.11 Å². The Morgan fingerprint density at radius 3 is 2.75 bits per heavy atom. The van der Waals surface area contributed by atoms with Crippen molar-refractivity contribution in [1.29, 1.82) is 0 Å². The van der Waals surface area contributed by atoms with Crippen LogP contribution in [-0.4, -0.2) is 17.8 Å². The van der Waals surface area contributed by atoms with Gasteiger partial charge in [-0.15, -0.1) is 0 Å². The Kier molecular flexibility index (Phi) is 3.29. The van der Waals surface area contributed by atoms with E-state index in [0.29, 0.717) is 6.10 Å². The molecule has 0 N–H and O–H groups in total. The summed E-state index contributed by atoms with van der Waals surface area (Å²) in [6.45, 7) is 3.07. The molecule has 0 aliphatic rings. The second-order valence-electron chi connectivity index (χ2n) is 3.04. The Balaban J connectivity index is 2.50. The van der Waals surface area contributed by atoms with E-state index in [1.807, 2.05) is 17.8 Å². The average Bonchev–Trinajstić information content (AvgIpc) is 2.47. The first kappa shape index (κ1) is 9.26. The molecule has 0 amide bonds. The highest BCUT2D eigenvalue weighted by atomic mass is 16.5. The minimum Gasteiger partial charge on any atom is -0.377 e. The molecule has 0 spiro atoms. The maximum Gasteiger partial charge on any atom is 0.243 e. The second-order valence-corrected chi connectivity index (χ2v) is 3.04. The Bertz CT molecular complexity index is 228. The van der Waals surface area contributed by atoms with Crippen LogP contribution in [0.15, 0.2) is 18.7 Å². The van der Waals surface area contributed by atoms with Crippen molar-refractivity contribution >= 4 is 0 Å². The van der Waals surface area contributed by atoms with E-state index in [9.17, 15) is 0 Å². The van der Waals surface area contributed by atoms with Gasteiger partial charge in [0.25, 0.3) is 0 Å². The number of methoxy groups -OCH3 is 1. The maximum absolute atomic E-state index is 5.28. The minimum absolute atomic E-state index is 0.331. The molecule has 0 saturated carbocycles. The van der Waals surface area contributed by atoms with Gasteiger partial charge in [0.05, 0.1) is 13.2 Å². The fraction of sp³-hybridized carbons (Fsp3) is 0.667. The highest BCUT2D eigenvalue weighted by Gasteiger charge is 2.08. The first-order valence-corrected chi connectivity index (χ1v) is 4.30. The fourth-order valence-corrected chi connectivity index (χ4v) is 1.22. The lowest BCUT2D eigenvalue weighted by Gasteiger charge is -2.09. The molecule has 0 bridgehead atoms. The van der Waals surface area contributed by atoms with Gasteiger partial charge in [-0.25, -0.2) is 9.13 Å². The van der Waals surface area contributed by atoms with Crippen molar-refractivity contribution in [2.24, 2.45) is 7.05 Å². The van der Waals surface area contributed by atoms with Crippen molar-refractivity contribution in [3.05, 3.63) is 18.7 Å². The molecule has 3 heteroatoms. The van der Waals surface area contributed by atoms with Gasteiger partial charge >= 0.3 is 0 Å². The van der Waals surface area contributed by atoms with Gasteiger partial charge in [-0.1, -0.05) is 6.92 Å². The highest BCUT2D eigenvalue weighted by Crippen LogP contribution is 1.99. The third-order valence-electron chi connectivity index (χ3n) is 2.03. The first-order valence-electron chi connectivity index (χ1n) is 4.30. The lowest BCUT2D eigenvalue weighted by molar-refractivity contribution is -0.671. The molecule has 3 nitrogen and oxygen atoms in total. The van der Waals surface area contributed by atoms with E-state index in [4.69, 9.17) is 4.74 Å². The smallest absolute Gasteiger partial charge is 0.243 e. The number of aryl methyl sites for hydroxylation is 1. The molecule has 1 aromatic rings. The van der Waals surface area contributed by atoms with E-state index in [2.05, 4.69) is 24.0 Å². The number of ether oxygens (including phenoxy) is 1. The summed E-state index contributed by atoms with van der Waals surface area (Å²) in [5.74, 6) is 0. The Labute approximate surface area is 73.6 Å². The second kappa shape index (κ2) is 4.26. The number of aromatic nitrogens is 2. The van der Waals surface area contributed by atoms with E-state index in [1.165, 1.54) is 0 Å². The zero-order valence-corrected chi connectivity index (χ0v) is 8.03. The van der Waals surface area contributed by atoms with E-state index in [1.54, 1.807) is 7.11 Å². The quantitative estimate of drug-likeness (QED) is 0.608. The van der Waals surface area contributed by atoms with Crippen molar-refractivity contribution in [3.8, 4) is 0 Å². The summed E-state index contributed by atoms with van der Waals surface area (Å²) in [5, 5.41) is 0. The van der Waals surface area contributed by atoms with E-state index in [0.717, 1.165) is 13.0 Å². The fourth-order valence-electron chi connectivity index (χ4n) is 1.22. The Hall–Kier alpha value is -0.830. The zero-order chi connectivity index (χ0) is 8.97. The molecule has 1 rings (SSSR count). The van der Waals surface area contributed by atoms with Crippen molar-refractivity contribution < 1.29 is 9.30 Å². The molecule has 1 heterocycles. The number of rotatable bonds is 4. The number of imidazole rings is 1. The zero-order valence-electron chi connectivity index (χ0n) is 8.03. The van der Waals surface area contributed by atoms with Crippen LogP contribution in [0.4, 0.5) is 0 Å². The lowest BCUT2D eigenvalue weighted by Crippen LogP contribution is -2.25. The van der Waals surface area contributed by atoms with E-state index < -0.39 is 0 Å². The van der Waals surface area contributed by atoms with Crippen molar-refractivity contribution in [3.63, 3.8) is 0 Å². The third-order valence-corrected chi connectivity index (χ3v) is 2.03. The van der Waals surface area contributed by atoms with Crippen molar-refractivity contribution in [2.45, 2.75) is 26.0 Å². The maximum atomic E-state index is 5.28. The monoisotopic (exact) mass is 169 g/mol. The van der Waals surface area contributed by atoms with E-state index in [-0.39, 0.29) is 0 Å². The van der Waals surface area contributed by atoms with Crippen LogP contribution in [-0.2, 0) is 18.3 Å². The summed E-state index contributed by atoms with van der Waals surface area (Å²) < 4.78 is 9.45. The van der Waals surface area contributed by atoms with Crippen molar-refractivity contribution in [1.82, 2.24) is 4.57 Å². The molecule has 0 aromatic carbocycles. The number of hydrogen-bond donors (Lipinski definition) is 0. The topological polar surface area (TPSA) is 18.0 Å². The molecule has 0 aliphatic carbocycles. The number of hydrogen-bond acceptors (Lipinski definition) is 1. The van der Waals surface area contributed by atoms with Crippen LogP contribution in [0.2, 0.25) is 0 Å². The molecule has 0 radical (unpaired) electrons. The van der Waals surface area contributed by atoms with Crippen molar-refractivity contribution in [2.75, 3.05) is 7.11 Å². The number of nitrogens with zero attached hydrogens (tertiary/aromatic N) is 2. The summed E-state index contributed by atoms with van der Waals surface area (Å²) in [7, 11) is 3.78. The molecule has 0 saturated heterocycles. The van der Waals surface area contributed by atoms with E-state index >= 15 is 0 Å².